The normalized spacial score (nSPS) is 36.7. The van der Waals surface area contributed by atoms with Gasteiger partial charge in [-0.2, -0.15) is 0 Å². The average molecular weight is 575 g/mol. The highest BCUT2D eigenvalue weighted by Gasteiger charge is 2.78. The van der Waals surface area contributed by atoms with Crippen LogP contribution < -0.4 is 5.73 Å². The lowest BCUT2D eigenvalue weighted by Crippen LogP contribution is -2.37. The molecule has 1 aromatic rings. The molecular formula is C21H31N5O10P2. The van der Waals surface area contributed by atoms with Crippen LogP contribution in [0, 0.1) is 0 Å². The van der Waals surface area contributed by atoms with E-state index in [-0.39, 0.29) is 37.7 Å². The van der Waals surface area contributed by atoms with Crippen molar-refractivity contribution in [2.24, 2.45) is 4.99 Å². The molecule has 15 nitrogen and oxygen atoms in total. The van der Waals surface area contributed by atoms with Gasteiger partial charge in [0.15, 0.2) is 5.82 Å². The minimum Gasteiger partial charge on any atom is -0.391 e. The number of phosphoric acid groups is 1. The zero-order valence-electron chi connectivity index (χ0n) is 21.0. The Kier molecular flexibility index (Phi) is 7.07. The number of hydrogen-bond donors (Lipinski definition) is 4. The maximum absolute atomic E-state index is 13.1. The predicted molar refractivity (Wildman–Crippen MR) is 132 cm³/mol. The number of hydrogen-bond acceptors (Lipinski definition) is 12. The summed E-state index contributed by atoms with van der Waals surface area (Å²) in [6.07, 6.45) is -0.345. The average Bonchev–Trinajstić information content (AvgIpc) is 3.28. The van der Waals surface area contributed by atoms with E-state index in [0.717, 1.165) is 0 Å². The summed E-state index contributed by atoms with van der Waals surface area (Å²) in [6, 6.07) is -0.617. The molecule has 1 saturated carbocycles. The molecule has 0 radical (unpaired) electrons. The van der Waals surface area contributed by atoms with E-state index in [2.05, 4.69) is 15.0 Å². The number of nitrogens with two attached hydrogens (primary N) is 1. The van der Waals surface area contributed by atoms with Crippen molar-refractivity contribution in [3.05, 3.63) is 12.0 Å². The van der Waals surface area contributed by atoms with Gasteiger partial charge in [-0.3, -0.25) is 27.9 Å². The number of aromatic nitrogens is 2. The minimum absolute atomic E-state index is 0.0100. The molecular weight excluding hydrogens is 544 g/mol. The highest BCUT2D eigenvalue weighted by Crippen LogP contribution is 2.67. The van der Waals surface area contributed by atoms with E-state index in [1.165, 1.54) is 32.0 Å². The van der Waals surface area contributed by atoms with Crippen molar-refractivity contribution in [3.63, 3.8) is 0 Å². The fourth-order valence-electron chi connectivity index (χ4n) is 5.24. The Labute approximate surface area is 218 Å². The molecule has 210 valence electrons. The molecule has 1 amide bonds. The van der Waals surface area contributed by atoms with Gasteiger partial charge in [0.1, 0.15) is 29.8 Å². The van der Waals surface area contributed by atoms with E-state index in [9.17, 15) is 28.8 Å². The van der Waals surface area contributed by atoms with Gasteiger partial charge >= 0.3 is 15.4 Å². The second-order valence-electron chi connectivity index (χ2n) is 10.3. The molecule has 4 unspecified atom stereocenters. The number of phosphoric ester groups is 1. The number of ether oxygens (including phenoxy) is 1. The number of likely N-dealkylation sites (tertiary alicyclic amines) is 1. The van der Waals surface area contributed by atoms with Crippen molar-refractivity contribution in [1.82, 2.24) is 14.9 Å². The summed E-state index contributed by atoms with van der Waals surface area (Å²) in [4.78, 5) is 46.6. The molecule has 4 aliphatic rings. The first-order chi connectivity index (χ1) is 17.7. The first-order valence-corrected chi connectivity index (χ1v) is 15.3. The topological polar surface area (TPSA) is 216 Å². The number of aliphatic hydroxyl groups is 1. The molecule has 17 heteroatoms. The number of rotatable bonds is 9. The number of aliphatic hydroxyl groups excluding tert-OH is 1. The first-order valence-electron chi connectivity index (χ1n) is 12.2. The number of anilines is 1. The maximum atomic E-state index is 13.1. The van der Waals surface area contributed by atoms with E-state index in [4.69, 9.17) is 24.0 Å². The number of aliphatic imine (C=N–C) groups is 1. The molecule has 0 bridgehead atoms. The van der Waals surface area contributed by atoms with Gasteiger partial charge in [0, 0.05) is 26.1 Å². The molecule has 9 atom stereocenters. The van der Waals surface area contributed by atoms with E-state index in [1.807, 2.05) is 0 Å². The lowest BCUT2D eigenvalue weighted by atomic mass is 9.96. The molecule has 3 fully saturated rings. The minimum atomic E-state index is -4.78. The van der Waals surface area contributed by atoms with Crippen LogP contribution in [-0.4, -0.2) is 96.8 Å². The Morgan fingerprint density at radius 1 is 1.34 bits per heavy atom. The first kappa shape index (κ1) is 27.8. The van der Waals surface area contributed by atoms with Crippen molar-refractivity contribution < 1.29 is 47.1 Å². The van der Waals surface area contributed by atoms with E-state index in [0.29, 0.717) is 11.4 Å². The van der Waals surface area contributed by atoms with Crippen LogP contribution in [0.1, 0.15) is 45.2 Å². The molecule has 5 rings (SSSR count). The quantitative estimate of drug-likeness (QED) is 0.301. The van der Waals surface area contributed by atoms with Crippen LogP contribution in [-0.2, 0) is 32.2 Å². The summed E-state index contributed by atoms with van der Waals surface area (Å²) in [5.74, 6) is -0.564. The van der Waals surface area contributed by atoms with Crippen LogP contribution in [0.5, 0.6) is 0 Å². The van der Waals surface area contributed by atoms with Crippen LogP contribution in [0.4, 0.5) is 11.5 Å². The number of carbonyl (C=O) groups excluding carboxylic acids is 1. The van der Waals surface area contributed by atoms with Gasteiger partial charge < -0.3 is 30.3 Å². The fourth-order valence-corrected chi connectivity index (χ4v) is 7.22. The lowest BCUT2D eigenvalue weighted by Gasteiger charge is -2.26. The Bertz CT molecular complexity index is 1250. The molecule has 5 N–H and O–H groups in total. The van der Waals surface area contributed by atoms with E-state index in [1.54, 1.807) is 6.21 Å². The molecule has 0 spiro atoms. The summed E-state index contributed by atoms with van der Waals surface area (Å²) in [5, 5.41) is 9.91. The summed E-state index contributed by atoms with van der Waals surface area (Å²) in [5.41, 5.74) is 4.55. The molecule has 1 aliphatic carbocycles. The van der Waals surface area contributed by atoms with Gasteiger partial charge in [-0.05, 0) is 6.42 Å². The Morgan fingerprint density at radius 3 is 2.76 bits per heavy atom. The summed E-state index contributed by atoms with van der Waals surface area (Å²) in [7, 11) is -8.87. The summed E-state index contributed by atoms with van der Waals surface area (Å²) < 4.78 is 48.1. The van der Waals surface area contributed by atoms with E-state index < -0.39 is 63.1 Å². The number of nitrogen functional groups attached to an aromatic ring is 1. The van der Waals surface area contributed by atoms with Crippen LogP contribution in [0.3, 0.4) is 0 Å². The standard InChI is InChI=1S/C21H31N5O10P2/c1-10(2)37(29,30)35-19-18-21(19,5-15(34-18)14-6-23-17-16(14)24-9-25-20(17)22)36-38(31,32)33-8-12-4-13(28)7-26(12)11(3)27/h6,9-10,12-15,18-19,28H,4-5,7-8H2,1-3H3,(H,29,30)(H,31,32)(H2,22,24,25)/t12-,13+,14?,15+,18+,19?,21-/m0/s1. The molecule has 3 aliphatic heterocycles. The van der Waals surface area contributed by atoms with Crippen LogP contribution in [0.25, 0.3) is 0 Å². The smallest absolute Gasteiger partial charge is 0.391 e. The van der Waals surface area contributed by atoms with Gasteiger partial charge in [0.05, 0.1) is 42.1 Å². The number of carbonyl (C=O) groups is 1. The van der Waals surface area contributed by atoms with Crippen LogP contribution >= 0.6 is 15.4 Å². The highest BCUT2D eigenvalue weighted by atomic mass is 31.2. The Hall–Kier alpha value is -1.80. The third kappa shape index (κ3) is 4.96. The van der Waals surface area contributed by atoms with Gasteiger partial charge in [0.2, 0.25) is 5.91 Å². The molecule has 4 heterocycles. The zero-order valence-corrected chi connectivity index (χ0v) is 22.8. The summed E-state index contributed by atoms with van der Waals surface area (Å²) >= 11 is 0. The number of amides is 1. The maximum Gasteiger partial charge on any atom is 0.472 e. The lowest BCUT2D eigenvalue weighted by molar-refractivity contribution is -0.130. The number of nitrogens with zero attached hydrogens (tertiary/aromatic N) is 4. The van der Waals surface area contributed by atoms with Gasteiger partial charge in [-0.15, -0.1) is 0 Å². The summed E-state index contributed by atoms with van der Waals surface area (Å²) in [6.45, 7) is 4.10. The largest absolute Gasteiger partial charge is 0.472 e. The van der Waals surface area contributed by atoms with Crippen molar-refractivity contribution >= 4 is 39.0 Å². The molecule has 38 heavy (non-hydrogen) atoms. The number of β-amino-alcohol motifs (C(OH)–C–C–N with tert-alkyl or cyclic N) is 1. The zero-order chi connectivity index (χ0) is 27.6. The SMILES string of the molecule is CC(=O)N1C[C@H](O)C[C@H]1COP(=O)(O)O[C@@]12C[C@H](C3C=Nc4c(N)ncnc43)O[C@@H]1C2OP(=O)(O)C(C)C. The fraction of sp³-hybridized carbons (Fsp3) is 0.714. The Balaban J connectivity index is 1.33. The van der Waals surface area contributed by atoms with Gasteiger partial charge in [0.25, 0.3) is 0 Å². The van der Waals surface area contributed by atoms with Crippen LogP contribution in [0.15, 0.2) is 11.3 Å². The Morgan fingerprint density at radius 2 is 2.08 bits per heavy atom. The van der Waals surface area contributed by atoms with Gasteiger partial charge in [-0.1, -0.05) is 13.8 Å². The molecule has 1 aromatic heterocycles. The highest BCUT2D eigenvalue weighted by molar-refractivity contribution is 7.53. The second-order valence-corrected chi connectivity index (χ2v) is 14.1. The third-order valence-electron chi connectivity index (χ3n) is 7.36. The van der Waals surface area contributed by atoms with Crippen LogP contribution in [0.2, 0.25) is 0 Å². The van der Waals surface area contributed by atoms with Crippen molar-refractivity contribution in [2.75, 3.05) is 18.9 Å². The number of fused-ring (bicyclic) bond motifs is 2. The van der Waals surface area contributed by atoms with Crippen molar-refractivity contribution in [3.8, 4) is 0 Å². The second kappa shape index (κ2) is 9.69. The van der Waals surface area contributed by atoms with Gasteiger partial charge in [-0.25, -0.2) is 14.5 Å². The van der Waals surface area contributed by atoms with E-state index >= 15 is 0 Å². The van der Waals surface area contributed by atoms with Crippen molar-refractivity contribution in [2.45, 2.75) is 81.2 Å². The molecule has 0 aromatic carbocycles. The molecule has 2 saturated heterocycles. The monoisotopic (exact) mass is 575 g/mol. The predicted octanol–water partition coefficient (Wildman–Crippen LogP) is 0.863. The van der Waals surface area contributed by atoms with Crippen molar-refractivity contribution in [1.29, 1.82) is 0 Å². The third-order valence-corrected chi connectivity index (χ3v) is 10.2.